The topological polar surface area (TPSA) is 60.7 Å². The van der Waals surface area contributed by atoms with Crippen LogP contribution in [0.4, 0.5) is 0 Å². The molecule has 0 aliphatic heterocycles. The van der Waals surface area contributed by atoms with Crippen LogP contribution in [0, 0.1) is 34.5 Å². The summed E-state index contributed by atoms with van der Waals surface area (Å²) in [5.74, 6) is 2.52. The van der Waals surface area contributed by atoms with Gasteiger partial charge in [-0.3, -0.25) is 0 Å². The summed E-state index contributed by atoms with van der Waals surface area (Å²) in [6, 6.07) is 0. The van der Waals surface area contributed by atoms with Crippen molar-refractivity contribution in [2.75, 3.05) is 0 Å². The molecule has 0 bridgehead atoms. The third kappa shape index (κ3) is 1.97. The molecule has 4 rings (SSSR count). The maximum absolute atomic E-state index is 11.2. The fourth-order valence-corrected chi connectivity index (χ4v) is 7.73. The van der Waals surface area contributed by atoms with E-state index in [9.17, 15) is 15.3 Å². The van der Waals surface area contributed by atoms with Crippen LogP contribution < -0.4 is 0 Å². The van der Waals surface area contributed by atoms with Crippen molar-refractivity contribution in [3.63, 3.8) is 0 Å². The Morgan fingerprint density at radius 1 is 0.958 bits per heavy atom. The monoisotopic (exact) mass is 334 g/mol. The zero-order valence-electron chi connectivity index (χ0n) is 15.3. The molecule has 0 spiro atoms. The number of aliphatic hydroxyl groups excluding tert-OH is 2. The predicted octanol–water partition coefficient (Wildman–Crippen LogP) is 4.19. The Kier molecular flexibility index (Phi) is 3.69. The number of fused-ring (bicyclic) bond motifs is 5. The Morgan fingerprint density at radius 3 is 2.38 bits per heavy atom. The molecule has 4 saturated carbocycles. The standard InChI is InChI=1S/C21H34O3/c1-13(22)21(24)11-8-18-16-5-4-14-12-15(23)6-9-19(14,2)17(16)7-10-20(18,21)3/h14-18,22-24H,1,4-12H2,2-3H3/t14?,15-,16-,17+,18+,19+,20+,21+/m1/s1. The number of rotatable bonds is 1. The highest BCUT2D eigenvalue weighted by atomic mass is 16.3. The molecule has 3 heteroatoms. The molecule has 0 aromatic rings. The minimum atomic E-state index is -1.09. The lowest BCUT2D eigenvalue weighted by Gasteiger charge is -2.61. The summed E-state index contributed by atoms with van der Waals surface area (Å²) in [6.07, 6.45) is 9.25. The van der Waals surface area contributed by atoms with Gasteiger partial charge in [0, 0.05) is 5.41 Å². The van der Waals surface area contributed by atoms with E-state index in [4.69, 9.17) is 0 Å². The molecule has 0 saturated heterocycles. The average Bonchev–Trinajstić information content (AvgIpc) is 2.81. The summed E-state index contributed by atoms with van der Waals surface area (Å²) in [4.78, 5) is 0. The molecular formula is C21H34O3. The summed E-state index contributed by atoms with van der Waals surface area (Å²) < 4.78 is 0. The van der Waals surface area contributed by atoms with Crippen molar-refractivity contribution in [1.82, 2.24) is 0 Å². The van der Waals surface area contributed by atoms with E-state index in [0.717, 1.165) is 44.4 Å². The Balaban J connectivity index is 1.65. The van der Waals surface area contributed by atoms with Gasteiger partial charge in [0.05, 0.1) is 6.10 Å². The van der Waals surface area contributed by atoms with E-state index in [-0.39, 0.29) is 17.3 Å². The van der Waals surface area contributed by atoms with Crippen molar-refractivity contribution in [3.05, 3.63) is 12.3 Å². The molecule has 3 N–H and O–H groups in total. The zero-order valence-corrected chi connectivity index (χ0v) is 15.3. The summed E-state index contributed by atoms with van der Waals surface area (Å²) in [5.41, 5.74) is -0.957. The Bertz CT molecular complexity index is 545. The van der Waals surface area contributed by atoms with Crippen LogP contribution in [0.15, 0.2) is 12.3 Å². The summed E-state index contributed by atoms with van der Waals surface area (Å²) in [7, 11) is 0. The van der Waals surface area contributed by atoms with Gasteiger partial charge in [-0.1, -0.05) is 20.4 Å². The van der Waals surface area contributed by atoms with E-state index in [1.165, 1.54) is 12.8 Å². The van der Waals surface area contributed by atoms with Crippen molar-refractivity contribution >= 4 is 0 Å². The van der Waals surface area contributed by atoms with Crippen LogP contribution in [0.2, 0.25) is 0 Å². The van der Waals surface area contributed by atoms with Crippen molar-refractivity contribution in [1.29, 1.82) is 0 Å². The Labute approximate surface area is 146 Å². The number of hydrogen-bond donors (Lipinski definition) is 3. The molecule has 3 nitrogen and oxygen atoms in total. The SMILES string of the molecule is C=C(O)[C@@]1(O)CC[C@H]2[C@@H]3CCC4C[C@H](O)CC[C@]4(C)[C@H]3CC[C@@]21C. The molecule has 0 radical (unpaired) electrons. The molecule has 136 valence electrons. The first kappa shape index (κ1) is 16.9. The molecule has 8 atom stereocenters. The van der Waals surface area contributed by atoms with Crippen molar-refractivity contribution in [2.45, 2.75) is 83.3 Å². The zero-order chi connectivity index (χ0) is 17.3. The van der Waals surface area contributed by atoms with Gasteiger partial charge >= 0.3 is 0 Å². The fourth-order valence-electron chi connectivity index (χ4n) is 7.73. The Morgan fingerprint density at radius 2 is 1.67 bits per heavy atom. The van der Waals surface area contributed by atoms with Gasteiger partial charge in [-0.2, -0.15) is 0 Å². The lowest BCUT2D eigenvalue weighted by Crippen LogP contribution is -2.57. The molecule has 0 amide bonds. The van der Waals surface area contributed by atoms with Gasteiger partial charge in [0.2, 0.25) is 0 Å². The van der Waals surface area contributed by atoms with Crippen LogP contribution >= 0.6 is 0 Å². The second-order valence-electron chi connectivity index (χ2n) is 9.89. The second kappa shape index (κ2) is 5.23. The molecule has 4 aliphatic rings. The summed E-state index contributed by atoms with van der Waals surface area (Å²) in [6.45, 7) is 8.39. The molecule has 24 heavy (non-hydrogen) atoms. The highest BCUT2D eigenvalue weighted by Crippen LogP contribution is 2.68. The van der Waals surface area contributed by atoms with Crippen LogP contribution in [-0.4, -0.2) is 27.0 Å². The summed E-state index contributed by atoms with van der Waals surface area (Å²) >= 11 is 0. The normalized spacial score (nSPS) is 56.9. The first-order valence-electron chi connectivity index (χ1n) is 10.0. The fraction of sp³-hybridized carbons (Fsp3) is 0.905. The van der Waals surface area contributed by atoms with Gasteiger partial charge in [-0.05, 0) is 86.9 Å². The maximum Gasteiger partial charge on any atom is 0.126 e. The molecule has 4 fully saturated rings. The maximum atomic E-state index is 11.2. The third-order valence-electron chi connectivity index (χ3n) is 9.27. The molecular weight excluding hydrogens is 300 g/mol. The minimum Gasteiger partial charge on any atom is -0.510 e. The van der Waals surface area contributed by atoms with Crippen LogP contribution in [-0.2, 0) is 0 Å². The van der Waals surface area contributed by atoms with Crippen LogP contribution in [0.5, 0.6) is 0 Å². The van der Waals surface area contributed by atoms with E-state index in [2.05, 4.69) is 20.4 Å². The lowest BCUT2D eigenvalue weighted by molar-refractivity contribution is -0.155. The summed E-state index contributed by atoms with van der Waals surface area (Å²) in [5, 5.41) is 31.4. The predicted molar refractivity (Wildman–Crippen MR) is 94.5 cm³/mol. The van der Waals surface area contributed by atoms with E-state index in [0.29, 0.717) is 29.6 Å². The van der Waals surface area contributed by atoms with Crippen molar-refractivity contribution in [3.8, 4) is 0 Å². The minimum absolute atomic E-state index is 0.0216. The van der Waals surface area contributed by atoms with Crippen molar-refractivity contribution in [2.24, 2.45) is 34.5 Å². The molecule has 0 heterocycles. The lowest BCUT2D eigenvalue weighted by atomic mass is 9.44. The highest BCUT2D eigenvalue weighted by molar-refractivity contribution is 5.21. The van der Waals surface area contributed by atoms with Gasteiger partial charge in [-0.25, -0.2) is 0 Å². The molecule has 4 aliphatic carbocycles. The quantitative estimate of drug-likeness (QED) is 0.630. The second-order valence-corrected chi connectivity index (χ2v) is 9.89. The third-order valence-corrected chi connectivity index (χ3v) is 9.27. The van der Waals surface area contributed by atoms with E-state index < -0.39 is 5.60 Å². The molecule has 0 aromatic heterocycles. The highest BCUT2D eigenvalue weighted by Gasteiger charge is 2.65. The Hall–Kier alpha value is -0.540. The van der Waals surface area contributed by atoms with Gasteiger partial charge in [0.25, 0.3) is 0 Å². The van der Waals surface area contributed by atoms with E-state index in [1.807, 2.05) is 0 Å². The van der Waals surface area contributed by atoms with Crippen LogP contribution in [0.25, 0.3) is 0 Å². The van der Waals surface area contributed by atoms with Gasteiger partial charge < -0.3 is 15.3 Å². The smallest absolute Gasteiger partial charge is 0.126 e. The molecule has 1 unspecified atom stereocenters. The van der Waals surface area contributed by atoms with E-state index in [1.54, 1.807) is 0 Å². The first-order chi connectivity index (χ1) is 11.2. The van der Waals surface area contributed by atoms with Gasteiger partial charge in [-0.15, -0.1) is 0 Å². The van der Waals surface area contributed by atoms with Crippen LogP contribution in [0.1, 0.15) is 71.6 Å². The number of aliphatic hydroxyl groups is 3. The van der Waals surface area contributed by atoms with Crippen molar-refractivity contribution < 1.29 is 15.3 Å². The van der Waals surface area contributed by atoms with E-state index >= 15 is 0 Å². The number of hydrogen-bond acceptors (Lipinski definition) is 3. The average molecular weight is 335 g/mol. The molecule has 0 aromatic carbocycles. The van der Waals surface area contributed by atoms with Crippen LogP contribution in [0.3, 0.4) is 0 Å². The largest absolute Gasteiger partial charge is 0.510 e. The first-order valence-corrected chi connectivity index (χ1v) is 10.0. The van der Waals surface area contributed by atoms with Gasteiger partial charge in [0.15, 0.2) is 0 Å². The van der Waals surface area contributed by atoms with Gasteiger partial charge in [0.1, 0.15) is 11.4 Å².